The van der Waals surface area contributed by atoms with Crippen molar-refractivity contribution in [3.63, 3.8) is 0 Å². The van der Waals surface area contributed by atoms with Crippen molar-refractivity contribution in [3.05, 3.63) is 88.3 Å². The van der Waals surface area contributed by atoms with Crippen molar-refractivity contribution < 1.29 is 4.74 Å². The van der Waals surface area contributed by atoms with E-state index in [9.17, 15) is 4.79 Å². The van der Waals surface area contributed by atoms with Gasteiger partial charge in [0.25, 0.3) is 5.56 Å². The Morgan fingerprint density at radius 1 is 0.966 bits per heavy atom. The predicted molar refractivity (Wildman–Crippen MR) is 117 cm³/mol. The lowest BCUT2D eigenvalue weighted by atomic mass is 10.2. The summed E-state index contributed by atoms with van der Waals surface area (Å²) < 4.78 is 7.39. The fourth-order valence-electron chi connectivity index (χ4n) is 2.93. The molecule has 0 saturated carbocycles. The molecule has 0 bridgehead atoms. The van der Waals surface area contributed by atoms with Crippen LogP contribution in [0.2, 0.25) is 0 Å². The number of ether oxygens (including phenoxy) is 1. The van der Waals surface area contributed by atoms with Crippen LogP contribution in [0, 0.1) is 13.8 Å². The highest BCUT2D eigenvalue weighted by Crippen LogP contribution is 2.21. The van der Waals surface area contributed by atoms with Crippen LogP contribution in [0.25, 0.3) is 16.7 Å². The van der Waals surface area contributed by atoms with Gasteiger partial charge in [0.15, 0.2) is 5.16 Å². The third-order valence-electron chi connectivity index (χ3n) is 4.47. The number of hydrogen-bond donors (Lipinski definition) is 0. The number of hydrogen-bond acceptors (Lipinski definition) is 5. The first-order chi connectivity index (χ1) is 14.1. The standard InChI is InChI=1S/C23H21N3O2S/c1-16-7-10-18(11-8-16)28-13-14-29-23-25-20-6-4-3-5-19(20)22(27)26(23)21-12-9-17(2)15-24-21/h3-12,15H,13-14H2,1-2H3. The average Bonchev–Trinajstić information content (AvgIpc) is 2.74. The third kappa shape index (κ3) is 4.32. The van der Waals surface area contributed by atoms with Crippen LogP contribution in [-0.4, -0.2) is 26.9 Å². The van der Waals surface area contributed by atoms with Crippen LogP contribution in [0.5, 0.6) is 5.75 Å². The molecule has 5 nitrogen and oxygen atoms in total. The topological polar surface area (TPSA) is 57.0 Å². The number of pyridine rings is 1. The summed E-state index contributed by atoms with van der Waals surface area (Å²) in [7, 11) is 0. The SMILES string of the molecule is Cc1ccc(OCCSc2nc3ccccc3c(=O)n2-c2ccc(C)cn2)cc1. The summed E-state index contributed by atoms with van der Waals surface area (Å²) in [5.41, 5.74) is 2.80. The fraction of sp³-hybridized carbons (Fsp3) is 0.174. The van der Waals surface area contributed by atoms with Gasteiger partial charge in [-0.2, -0.15) is 0 Å². The van der Waals surface area contributed by atoms with E-state index < -0.39 is 0 Å². The number of aromatic nitrogens is 3. The van der Waals surface area contributed by atoms with E-state index in [4.69, 9.17) is 9.72 Å². The quantitative estimate of drug-likeness (QED) is 0.268. The molecule has 29 heavy (non-hydrogen) atoms. The number of aryl methyl sites for hydroxylation is 2. The summed E-state index contributed by atoms with van der Waals surface area (Å²) in [6.45, 7) is 4.53. The zero-order valence-electron chi connectivity index (χ0n) is 16.3. The largest absolute Gasteiger partial charge is 0.493 e. The summed E-state index contributed by atoms with van der Waals surface area (Å²) in [6, 6.07) is 19.1. The molecule has 4 aromatic rings. The van der Waals surface area contributed by atoms with Crippen molar-refractivity contribution in [2.24, 2.45) is 0 Å². The zero-order chi connectivity index (χ0) is 20.2. The minimum atomic E-state index is -0.117. The minimum Gasteiger partial charge on any atom is -0.493 e. The predicted octanol–water partition coefficient (Wildman–Crippen LogP) is 4.57. The van der Waals surface area contributed by atoms with Gasteiger partial charge in [0.1, 0.15) is 11.6 Å². The fourth-order valence-corrected chi connectivity index (χ4v) is 3.75. The number of rotatable bonds is 6. The molecule has 0 radical (unpaired) electrons. The highest BCUT2D eigenvalue weighted by atomic mass is 32.2. The molecule has 2 aromatic carbocycles. The first-order valence-electron chi connectivity index (χ1n) is 9.39. The molecule has 2 heterocycles. The van der Waals surface area contributed by atoms with Gasteiger partial charge in [0, 0.05) is 11.9 Å². The van der Waals surface area contributed by atoms with E-state index in [1.54, 1.807) is 16.8 Å². The molecule has 146 valence electrons. The van der Waals surface area contributed by atoms with Gasteiger partial charge in [-0.25, -0.2) is 14.5 Å². The van der Waals surface area contributed by atoms with Crippen molar-refractivity contribution >= 4 is 22.7 Å². The Morgan fingerprint density at radius 3 is 2.48 bits per heavy atom. The van der Waals surface area contributed by atoms with Gasteiger partial charge in [0.05, 0.1) is 17.5 Å². The van der Waals surface area contributed by atoms with E-state index in [2.05, 4.69) is 4.98 Å². The Bertz CT molecular complexity index is 1190. The van der Waals surface area contributed by atoms with Crippen molar-refractivity contribution in [1.82, 2.24) is 14.5 Å². The Hall–Kier alpha value is -3.12. The second-order valence-electron chi connectivity index (χ2n) is 6.76. The summed E-state index contributed by atoms with van der Waals surface area (Å²) in [5, 5.41) is 1.19. The van der Waals surface area contributed by atoms with Gasteiger partial charge in [-0.3, -0.25) is 4.79 Å². The lowest BCUT2D eigenvalue weighted by molar-refractivity contribution is 0.344. The summed E-state index contributed by atoms with van der Waals surface area (Å²) >= 11 is 1.48. The lowest BCUT2D eigenvalue weighted by Crippen LogP contribution is -2.23. The van der Waals surface area contributed by atoms with E-state index in [1.165, 1.54) is 17.3 Å². The molecular formula is C23H21N3O2S. The number of nitrogens with zero attached hydrogens (tertiary/aromatic N) is 3. The van der Waals surface area contributed by atoms with Crippen LogP contribution >= 0.6 is 11.8 Å². The Labute approximate surface area is 173 Å². The zero-order valence-corrected chi connectivity index (χ0v) is 17.1. The van der Waals surface area contributed by atoms with Crippen LogP contribution in [0.4, 0.5) is 0 Å². The molecule has 0 N–H and O–H groups in total. The Kier molecular flexibility index (Phi) is 5.62. The van der Waals surface area contributed by atoms with E-state index in [1.807, 2.05) is 68.4 Å². The van der Waals surface area contributed by atoms with Crippen LogP contribution < -0.4 is 10.3 Å². The van der Waals surface area contributed by atoms with Gasteiger partial charge in [-0.15, -0.1) is 0 Å². The van der Waals surface area contributed by atoms with Crippen molar-refractivity contribution in [2.45, 2.75) is 19.0 Å². The molecule has 0 saturated heterocycles. The molecular weight excluding hydrogens is 382 g/mol. The Morgan fingerprint density at radius 2 is 1.72 bits per heavy atom. The van der Waals surface area contributed by atoms with Gasteiger partial charge in [0.2, 0.25) is 0 Å². The third-order valence-corrected chi connectivity index (χ3v) is 5.38. The van der Waals surface area contributed by atoms with E-state index in [0.29, 0.717) is 34.2 Å². The second kappa shape index (κ2) is 8.49. The molecule has 0 atom stereocenters. The molecule has 0 aliphatic carbocycles. The van der Waals surface area contributed by atoms with Crippen molar-refractivity contribution in [2.75, 3.05) is 12.4 Å². The van der Waals surface area contributed by atoms with Crippen molar-refractivity contribution in [1.29, 1.82) is 0 Å². The van der Waals surface area contributed by atoms with Crippen LogP contribution in [0.1, 0.15) is 11.1 Å². The monoisotopic (exact) mass is 403 g/mol. The number of para-hydroxylation sites is 1. The first kappa shape index (κ1) is 19.2. The van der Waals surface area contributed by atoms with E-state index in [0.717, 1.165) is 11.3 Å². The maximum Gasteiger partial charge on any atom is 0.267 e. The normalized spacial score (nSPS) is 11.0. The molecule has 0 aliphatic rings. The molecule has 0 unspecified atom stereocenters. The molecule has 0 amide bonds. The smallest absolute Gasteiger partial charge is 0.267 e. The van der Waals surface area contributed by atoms with Gasteiger partial charge in [-0.1, -0.05) is 47.7 Å². The molecule has 6 heteroatoms. The maximum atomic E-state index is 13.2. The first-order valence-corrected chi connectivity index (χ1v) is 10.4. The molecule has 4 rings (SSSR count). The van der Waals surface area contributed by atoms with Crippen LogP contribution in [0.3, 0.4) is 0 Å². The highest BCUT2D eigenvalue weighted by molar-refractivity contribution is 7.99. The van der Waals surface area contributed by atoms with Gasteiger partial charge in [-0.05, 0) is 49.7 Å². The average molecular weight is 404 g/mol. The lowest BCUT2D eigenvalue weighted by Gasteiger charge is -2.13. The highest BCUT2D eigenvalue weighted by Gasteiger charge is 2.14. The summed E-state index contributed by atoms with van der Waals surface area (Å²) in [6.07, 6.45) is 1.76. The molecule has 2 aromatic heterocycles. The molecule has 0 fully saturated rings. The second-order valence-corrected chi connectivity index (χ2v) is 7.82. The van der Waals surface area contributed by atoms with Gasteiger partial charge >= 0.3 is 0 Å². The van der Waals surface area contributed by atoms with E-state index in [-0.39, 0.29) is 5.56 Å². The van der Waals surface area contributed by atoms with E-state index >= 15 is 0 Å². The van der Waals surface area contributed by atoms with Crippen LogP contribution in [-0.2, 0) is 0 Å². The number of fused-ring (bicyclic) bond motifs is 1. The number of benzene rings is 2. The maximum absolute atomic E-state index is 13.2. The van der Waals surface area contributed by atoms with Crippen LogP contribution in [0.15, 0.2) is 76.8 Å². The summed E-state index contributed by atoms with van der Waals surface area (Å²) in [5.74, 6) is 2.06. The summed E-state index contributed by atoms with van der Waals surface area (Å²) in [4.78, 5) is 22.3. The Balaban J connectivity index is 1.61. The minimum absolute atomic E-state index is 0.117. The molecule has 0 spiro atoms. The molecule has 0 aliphatic heterocycles. The van der Waals surface area contributed by atoms with Gasteiger partial charge < -0.3 is 4.74 Å². The van der Waals surface area contributed by atoms with Crippen molar-refractivity contribution in [3.8, 4) is 11.6 Å². The number of thioether (sulfide) groups is 1.